The minimum absolute atomic E-state index is 0.0389. The van der Waals surface area contributed by atoms with E-state index < -0.39 is 0 Å². The zero-order valence-electron chi connectivity index (χ0n) is 18.2. The predicted molar refractivity (Wildman–Crippen MR) is 120 cm³/mol. The van der Waals surface area contributed by atoms with Crippen molar-refractivity contribution in [2.75, 3.05) is 38.5 Å². The molecule has 1 saturated carbocycles. The van der Waals surface area contributed by atoms with Crippen molar-refractivity contribution in [2.45, 2.75) is 43.8 Å². The number of amides is 2. The van der Waals surface area contributed by atoms with Crippen LogP contribution in [0.1, 0.15) is 38.4 Å². The second-order valence-corrected chi connectivity index (χ2v) is 9.40. The Balaban J connectivity index is 1.31. The molecule has 1 N–H and O–H groups in total. The van der Waals surface area contributed by atoms with E-state index in [-0.39, 0.29) is 17.9 Å². The summed E-state index contributed by atoms with van der Waals surface area (Å²) < 4.78 is 2.10. The third-order valence-electron chi connectivity index (χ3n) is 5.48. The van der Waals surface area contributed by atoms with E-state index in [1.165, 1.54) is 11.8 Å². The lowest BCUT2D eigenvalue weighted by atomic mass is 10.3. The number of aromatic nitrogens is 3. The summed E-state index contributed by atoms with van der Waals surface area (Å²) in [5.74, 6) is 1.95. The molecule has 8 nitrogen and oxygen atoms in total. The summed E-state index contributed by atoms with van der Waals surface area (Å²) in [7, 11) is 0. The molecule has 1 aromatic carbocycles. The first-order chi connectivity index (χ1) is 15.0. The Bertz CT molecular complexity index is 904. The van der Waals surface area contributed by atoms with Gasteiger partial charge in [-0.3, -0.25) is 19.1 Å². The van der Waals surface area contributed by atoms with Crippen LogP contribution in [-0.4, -0.2) is 80.9 Å². The molecule has 2 fully saturated rings. The van der Waals surface area contributed by atoms with Gasteiger partial charge in [0, 0.05) is 43.8 Å². The number of nitrogens with zero attached hydrogens (tertiary/aromatic N) is 5. The fourth-order valence-electron chi connectivity index (χ4n) is 3.74. The Morgan fingerprint density at radius 2 is 1.81 bits per heavy atom. The Morgan fingerprint density at radius 3 is 2.45 bits per heavy atom. The molecule has 0 radical (unpaired) electrons. The van der Waals surface area contributed by atoms with Crippen LogP contribution < -0.4 is 5.32 Å². The molecule has 0 bridgehead atoms. The Labute approximate surface area is 187 Å². The van der Waals surface area contributed by atoms with E-state index >= 15 is 0 Å². The number of rotatable bonds is 8. The molecule has 1 aromatic heterocycles. The van der Waals surface area contributed by atoms with Crippen LogP contribution in [0.3, 0.4) is 0 Å². The lowest BCUT2D eigenvalue weighted by Crippen LogP contribution is -2.52. The van der Waals surface area contributed by atoms with Crippen LogP contribution >= 0.6 is 11.8 Å². The quantitative estimate of drug-likeness (QED) is 0.629. The molecule has 0 unspecified atom stereocenters. The largest absolute Gasteiger partial charge is 0.353 e. The van der Waals surface area contributed by atoms with Crippen LogP contribution in [0.25, 0.3) is 5.69 Å². The standard InChI is InChI=1S/C22H30N6O2S/c1-16(2)23-19(29)14-26-10-12-27(13-11-26)20(30)15-31-22-25-24-21(17-8-9-17)28(22)18-6-4-3-5-7-18/h3-7,16-17H,8-15H2,1-2H3,(H,23,29). The van der Waals surface area contributed by atoms with Crippen molar-refractivity contribution in [2.24, 2.45) is 0 Å². The maximum absolute atomic E-state index is 12.8. The number of carbonyl (C=O) groups excluding carboxylic acids is 2. The Hall–Kier alpha value is -2.39. The summed E-state index contributed by atoms with van der Waals surface area (Å²) in [6.45, 7) is 7.03. The van der Waals surface area contributed by atoms with E-state index in [1.807, 2.05) is 36.9 Å². The smallest absolute Gasteiger partial charge is 0.234 e. The van der Waals surface area contributed by atoms with Gasteiger partial charge in [0.1, 0.15) is 5.82 Å². The predicted octanol–water partition coefficient (Wildman–Crippen LogP) is 1.91. The van der Waals surface area contributed by atoms with Crippen molar-refractivity contribution < 1.29 is 9.59 Å². The number of hydrogen-bond acceptors (Lipinski definition) is 6. The molecule has 1 aliphatic heterocycles. The molecule has 2 aromatic rings. The summed E-state index contributed by atoms with van der Waals surface area (Å²) in [5.41, 5.74) is 1.04. The summed E-state index contributed by atoms with van der Waals surface area (Å²) in [4.78, 5) is 28.7. The van der Waals surface area contributed by atoms with Gasteiger partial charge >= 0.3 is 0 Å². The normalized spacial score (nSPS) is 17.2. The first-order valence-electron chi connectivity index (χ1n) is 10.9. The van der Waals surface area contributed by atoms with Gasteiger partial charge in [-0.2, -0.15) is 0 Å². The molecular weight excluding hydrogens is 412 g/mol. The number of benzene rings is 1. The molecule has 2 aliphatic rings. The maximum Gasteiger partial charge on any atom is 0.234 e. The van der Waals surface area contributed by atoms with Gasteiger partial charge < -0.3 is 10.2 Å². The number of thioether (sulfide) groups is 1. The van der Waals surface area contributed by atoms with E-state index in [9.17, 15) is 9.59 Å². The molecule has 0 spiro atoms. The molecule has 2 heterocycles. The minimum atomic E-state index is 0.0389. The zero-order chi connectivity index (χ0) is 21.8. The maximum atomic E-state index is 12.8. The van der Waals surface area contributed by atoms with Gasteiger partial charge in [0.2, 0.25) is 11.8 Å². The topological polar surface area (TPSA) is 83.4 Å². The van der Waals surface area contributed by atoms with Gasteiger partial charge in [-0.05, 0) is 38.8 Å². The third kappa shape index (κ3) is 5.65. The second-order valence-electron chi connectivity index (χ2n) is 8.45. The molecular formula is C22H30N6O2S. The van der Waals surface area contributed by atoms with E-state index in [4.69, 9.17) is 0 Å². The molecule has 4 rings (SSSR count). The molecule has 31 heavy (non-hydrogen) atoms. The van der Waals surface area contributed by atoms with Gasteiger partial charge in [-0.15, -0.1) is 10.2 Å². The first-order valence-corrected chi connectivity index (χ1v) is 11.9. The van der Waals surface area contributed by atoms with E-state index in [2.05, 4.69) is 37.1 Å². The van der Waals surface area contributed by atoms with Crippen molar-refractivity contribution in [3.63, 3.8) is 0 Å². The molecule has 166 valence electrons. The van der Waals surface area contributed by atoms with E-state index in [0.29, 0.717) is 44.4 Å². The number of hydrogen-bond donors (Lipinski definition) is 1. The van der Waals surface area contributed by atoms with Gasteiger partial charge in [0.05, 0.1) is 12.3 Å². The summed E-state index contributed by atoms with van der Waals surface area (Å²) in [5, 5.41) is 12.5. The van der Waals surface area contributed by atoms with E-state index in [1.54, 1.807) is 0 Å². The van der Waals surface area contributed by atoms with Crippen LogP contribution in [0.2, 0.25) is 0 Å². The third-order valence-corrected chi connectivity index (χ3v) is 6.40. The van der Waals surface area contributed by atoms with Crippen LogP contribution in [0.15, 0.2) is 35.5 Å². The average Bonchev–Trinajstić information content (AvgIpc) is 3.51. The van der Waals surface area contributed by atoms with Crippen LogP contribution in [0.4, 0.5) is 0 Å². The van der Waals surface area contributed by atoms with E-state index in [0.717, 1.165) is 29.5 Å². The molecule has 0 atom stereocenters. The Morgan fingerprint density at radius 1 is 1.10 bits per heavy atom. The van der Waals surface area contributed by atoms with Crippen LogP contribution in [0, 0.1) is 0 Å². The fraction of sp³-hybridized carbons (Fsp3) is 0.545. The number of carbonyl (C=O) groups is 2. The molecule has 1 saturated heterocycles. The number of piperazine rings is 1. The molecule has 9 heteroatoms. The molecule has 1 aliphatic carbocycles. The van der Waals surface area contributed by atoms with Crippen molar-refractivity contribution in [3.05, 3.63) is 36.2 Å². The molecule has 2 amide bonds. The van der Waals surface area contributed by atoms with Gasteiger partial charge in [-0.1, -0.05) is 30.0 Å². The first kappa shape index (κ1) is 21.8. The highest BCUT2D eigenvalue weighted by Crippen LogP contribution is 2.41. The van der Waals surface area contributed by atoms with Crippen molar-refractivity contribution in [1.82, 2.24) is 29.9 Å². The van der Waals surface area contributed by atoms with Crippen molar-refractivity contribution in [1.29, 1.82) is 0 Å². The average molecular weight is 443 g/mol. The monoisotopic (exact) mass is 442 g/mol. The van der Waals surface area contributed by atoms with Gasteiger partial charge in [0.15, 0.2) is 5.16 Å². The highest BCUT2D eigenvalue weighted by Gasteiger charge is 2.31. The summed E-state index contributed by atoms with van der Waals surface area (Å²) >= 11 is 1.45. The lowest BCUT2D eigenvalue weighted by molar-refractivity contribution is -0.130. The van der Waals surface area contributed by atoms with Crippen molar-refractivity contribution in [3.8, 4) is 5.69 Å². The highest BCUT2D eigenvalue weighted by molar-refractivity contribution is 7.99. The number of nitrogens with one attached hydrogen (secondary N) is 1. The van der Waals surface area contributed by atoms with Gasteiger partial charge in [-0.25, -0.2) is 0 Å². The highest BCUT2D eigenvalue weighted by atomic mass is 32.2. The van der Waals surface area contributed by atoms with Crippen LogP contribution in [0.5, 0.6) is 0 Å². The Kier molecular flexibility index (Phi) is 6.92. The minimum Gasteiger partial charge on any atom is -0.353 e. The summed E-state index contributed by atoms with van der Waals surface area (Å²) in [6, 6.07) is 10.3. The fourth-order valence-corrected chi connectivity index (χ4v) is 4.61. The summed E-state index contributed by atoms with van der Waals surface area (Å²) in [6.07, 6.45) is 2.29. The lowest BCUT2D eigenvalue weighted by Gasteiger charge is -2.34. The SMILES string of the molecule is CC(C)NC(=O)CN1CCN(C(=O)CSc2nnc(C3CC3)n2-c2ccccc2)CC1. The second kappa shape index (κ2) is 9.82. The van der Waals surface area contributed by atoms with Gasteiger partial charge in [0.25, 0.3) is 0 Å². The number of para-hydroxylation sites is 1. The zero-order valence-corrected chi connectivity index (χ0v) is 19.0. The van der Waals surface area contributed by atoms with Crippen molar-refractivity contribution >= 4 is 23.6 Å². The van der Waals surface area contributed by atoms with Crippen LogP contribution in [-0.2, 0) is 9.59 Å².